The average Bonchev–Trinajstić information content (AvgIpc) is 3.36. The number of hydrogen-bond donors (Lipinski definition) is 12. The Hall–Kier alpha value is -8.08. The van der Waals surface area contributed by atoms with Crippen molar-refractivity contribution in [3.8, 4) is 5.75 Å². The van der Waals surface area contributed by atoms with Gasteiger partial charge < -0.3 is 68.7 Å². The molecule has 0 bridgehead atoms. The van der Waals surface area contributed by atoms with Gasteiger partial charge in [-0.25, -0.2) is 9.59 Å². The minimum atomic E-state index is -1.91. The second-order valence-electron chi connectivity index (χ2n) is 18.2. The van der Waals surface area contributed by atoms with E-state index in [2.05, 4.69) is 42.2 Å². The number of methoxy groups -OCH3 is 1. The number of aliphatic imine (C=N–C) groups is 1. The molecule has 0 aromatic heterocycles. The first-order chi connectivity index (χ1) is 35.5. The molecule has 0 saturated carbocycles. The summed E-state index contributed by atoms with van der Waals surface area (Å²) >= 11 is 0. The Kier molecular flexibility index (Phi) is 25.2. The molecule has 2 aromatic carbocycles. The third-order valence-electron chi connectivity index (χ3n) is 12.2. The fraction of sp³-hybridized carbons (Fsp3) is 0.462. The monoisotopic (exact) mass is 1040 g/mol. The largest absolute Gasteiger partial charge is 0.508 e. The molecule has 1 fully saturated rings. The van der Waals surface area contributed by atoms with E-state index in [0.29, 0.717) is 17.6 Å². The Bertz CT molecular complexity index is 2440. The van der Waals surface area contributed by atoms with Crippen molar-refractivity contribution in [3.05, 3.63) is 101 Å². The Morgan fingerprint density at radius 3 is 2.03 bits per heavy atom. The number of nitrogens with two attached hydrogens (primary N) is 2. The summed E-state index contributed by atoms with van der Waals surface area (Å²) < 4.78 is 5.81. The second kappa shape index (κ2) is 30.8. The van der Waals surface area contributed by atoms with Gasteiger partial charge in [0, 0.05) is 26.0 Å². The highest BCUT2D eigenvalue weighted by Gasteiger charge is 2.34. The van der Waals surface area contributed by atoms with Gasteiger partial charge in [0.1, 0.15) is 41.7 Å². The summed E-state index contributed by atoms with van der Waals surface area (Å²) in [5.41, 5.74) is 13.1. The number of rotatable bonds is 16. The summed E-state index contributed by atoms with van der Waals surface area (Å²) in [5, 5.41) is 47.5. The second-order valence-corrected chi connectivity index (χ2v) is 18.2. The van der Waals surface area contributed by atoms with Gasteiger partial charge in [0.25, 0.3) is 5.91 Å². The zero-order valence-electron chi connectivity index (χ0n) is 43.1. The van der Waals surface area contributed by atoms with Gasteiger partial charge >= 0.3 is 11.9 Å². The predicted octanol–water partition coefficient (Wildman–Crippen LogP) is 0.713. The Balaban J connectivity index is 2.09. The van der Waals surface area contributed by atoms with Gasteiger partial charge in [-0.15, -0.1) is 0 Å². The van der Waals surface area contributed by atoms with E-state index in [1.807, 2.05) is 43.3 Å². The Morgan fingerprint density at radius 1 is 0.787 bits per heavy atom. The number of aliphatic carboxylic acids is 2. The van der Waals surface area contributed by atoms with Crippen LogP contribution in [0.15, 0.2) is 95.2 Å². The smallest absolute Gasteiger partial charge is 0.326 e. The number of guanidine groups is 1. The van der Waals surface area contributed by atoms with E-state index in [0.717, 1.165) is 5.56 Å². The van der Waals surface area contributed by atoms with Crippen molar-refractivity contribution in [1.29, 1.82) is 0 Å². The molecule has 1 saturated heterocycles. The number of benzene rings is 2. The van der Waals surface area contributed by atoms with Gasteiger partial charge in [-0.2, -0.15) is 0 Å². The maximum Gasteiger partial charge on any atom is 0.326 e. The first-order valence-electron chi connectivity index (χ1n) is 24.5. The summed E-state index contributed by atoms with van der Waals surface area (Å²) in [7, 11) is 1.61. The molecular weight excluding hydrogens is 973 g/mol. The van der Waals surface area contributed by atoms with E-state index in [9.17, 15) is 58.5 Å². The van der Waals surface area contributed by atoms with Crippen LogP contribution < -0.4 is 48.7 Å². The van der Waals surface area contributed by atoms with Crippen LogP contribution in [0.4, 0.5) is 0 Å². The molecule has 1 aliphatic heterocycles. The maximum atomic E-state index is 14.3. The van der Waals surface area contributed by atoms with Gasteiger partial charge in [-0.3, -0.25) is 38.6 Å². The fourth-order valence-electron chi connectivity index (χ4n) is 7.80. The Morgan fingerprint density at radius 2 is 1.41 bits per heavy atom. The molecule has 1 heterocycles. The van der Waals surface area contributed by atoms with E-state index in [1.54, 1.807) is 32.2 Å². The van der Waals surface area contributed by atoms with Crippen LogP contribution in [0.25, 0.3) is 0 Å². The zero-order chi connectivity index (χ0) is 55.8. The predicted molar refractivity (Wildman–Crippen MR) is 277 cm³/mol. The van der Waals surface area contributed by atoms with Gasteiger partial charge in [-0.05, 0) is 82.6 Å². The summed E-state index contributed by atoms with van der Waals surface area (Å²) in [6.45, 7) is 7.89. The lowest BCUT2D eigenvalue weighted by Gasteiger charge is -2.27. The lowest BCUT2D eigenvalue weighted by Crippen LogP contribution is -2.56. The highest BCUT2D eigenvalue weighted by molar-refractivity contribution is 6.00. The quantitative estimate of drug-likeness (QED) is 0.0362. The summed E-state index contributed by atoms with van der Waals surface area (Å²) in [4.78, 5) is 125. The number of amides is 7. The SMILES string of the molecule is C/C=C1\NC(=O)CC[C@H](C(=O)O)NC(=O)[C@@H](C)[C@H](/C=C/C(C)=C/[C@H](C)[C@H](Cc2ccccc2)OC)NC(=O)[C@H](CCCN=C(N)N)NC(=O)C[C@H](C(=O)O)NC(=O)[C@H](CCc2ccc(O)cc2)NC(=O)[C@@H](C)NC1=O. The molecule has 1 aliphatic rings. The lowest BCUT2D eigenvalue weighted by molar-refractivity contribution is -0.144. The number of carboxylic acids is 2. The molecule has 0 aliphatic carbocycles. The standard InChI is InChI=1S/C52H72N10O13/c1-7-36-47(68)56-32(5)46(67)60-39(22-18-33-16-19-35(63)20-17-33)49(70)62-41(51(73)74)28-44(65)58-38(14-11-25-55-52(53)54)48(69)59-37(31(4)45(66)61-40(50(71)72)23-24-43(64)57-36)21-15-29(2)26-30(3)42(75-6)27-34-12-9-8-10-13-34/h7-10,12-13,15-17,19-21,26,30-32,37-42,63H,11,14,18,22-25,27-28H2,1-6H3,(H,56,68)(H,57,64)(H,58,65)(H,59,69)(H,60,67)(H,61,66)(H,62,70)(H,71,72)(H,73,74)(H4,53,54,55)/b21-15+,29-26+,36-7-/t30-,31-,32+,37-,38-,39-,40+,41+,42-/m0/s1. The van der Waals surface area contributed by atoms with Gasteiger partial charge in [0.05, 0.1) is 24.5 Å². The number of allylic oxidation sites excluding steroid dienone is 3. The molecule has 408 valence electrons. The van der Waals surface area contributed by atoms with Crippen molar-refractivity contribution in [1.82, 2.24) is 37.2 Å². The van der Waals surface area contributed by atoms with Crippen LogP contribution in [0.1, 0.15) is 84.3 Å². The third kappa shape index (κ3) is 21.5. The number of ether oxygens (including phenoxy) is 1. The number of carboxylic acid groups (broad SMARTS) is 2. The number of aryl methyl sites for hydroxylation is 1. The molecule has 0 radical (unpaired) electrons. The van der Waals surface area contributed by atoms with Gasteiger partial charge in [-0.1, -0.05) is 86.2 Å². The van der Waals surface area contributed by atoms with Crippen LogP contribution in [-0.4, -0.2) is 131 Å². The van der Waals surface area contributed by atoms with Crippen molar-refractivity contribution in [2.45, 2.75) is 128 Å². The lowest BCUT2D eigenvalue weighted by atomic mass is 9.94. The minimum Gasteiger partial charge on any atom is -0.508 e. The van der Waals surface area contributed by atoms with Gasteiger partial charge in [0.15, 0.2) is 5.96 Å². The van der Waals surface area contributed by atoms with Crippen LogP contribution in [0.2, 0.25) is 0 Å². The normalized spacial score (nSPS) is 23.9. The van der Waals surface area contributed by atoms with Crippen LogP contribution >= 0.6 is 0 Å². The highest BCUT2D eigenvalue weighted by Crippen LogP contribution is 2.19. The molecule has 3 rings (SSSR count). The van der Waals surface area contributed by atoms with E-state index < -0.39 is 115 Å². The summed E-state index contributed by atoms with van der Waals surface area (Å²) in [5.74, 6) is -11.1. The van der Waals surface area contributed by atoms with Crippen LogP contribution in [0, 0.1) is 11.8 Å². The molecule has 0 spiro atoms. The topological polar surface area (TPSA) is 372 Å². The van der Waals surface area contributed by atoms with E-state index in [4.69, 9.17) is 16.2 Å². The maximum absolute atomic E-state index is 14.3. The van der Waals surface area contributed by atoms with Crippen molar-refractivity contribution in [2.24, 2.45) is 28.3 Å². The number of nitrogens with one attached hydrogen (secondary N) is 7. The van der Waals surface area contributed by atoms with Crippen molar-refractivity contribution < 1.29 is 63.2 Å². The Labute approximate surface area is 435 Å². The third-order valence-corrected chi connectivity index (χ3v) is 12.2. The highest BCUT2D eigenvalue weighted by atomic mass is 16.5. The minimum absolute atomic E-state index is 0.0110. The summed E-state index contributed by atoms with van der Waals surface area (Å²) in [6, 6.07) is 6.73. The van der Waals surface area contributed by atoms with Crippen LogP contribution in [0.5, 0.6) is 5.75 Å². The van der Waals surface area contributed by atoms with Crippen molar-refractivity contribution >= 4 is 59.2 Å². The molecule has 23 nitrogen and oxygen atoms in total. The molecule has 7 amide bonds. The van der Waals surface area contributed by atoms with E-state index in [1.165, 1.54) is 45.1 Å². The molecule has 9 atom stereocenters. The number of hydrogen-bond acceptors (Lipinski definition) is 12. The molecule has 23 heteroatoms. The summed E-state index contributed by atoms with van der Waals surface area (Å²) in [6.07, 6.45) is 4.85. The number of phenolic OH excluding ortho intramolecular Hbond substituents is 1. The molecule has 0 unspecified atom stereocenters. The molecular formula is C52H72N10O13. The average molecular weight is 1050 g/mol. The number of aromatic hydroxyl groups is 1. The van der Waals surface area contributed by atoms with Crippen LogP contribution in [0.3, 0.4) is 0 Å². The fourth-order valence-corrected chi connectivity index (χ4v) is 7.80. The van der Waals surface area contributed by atoms with E-state index >= 15 is 0 Å². The molecule has 14 N–H and O–H groups in total. The first kappa shape index (κ1) is 61.2. The number of carbonyl (C=O) groups is 9. The number of carbonyl (C=O) groups excluding carboxylic acids is 7. The molecule has 2 aromatic rings. The zero-order valence-corrected chi connectivity index (χ0v) is 43.1. The molecule has 75 heavy (non-hydrogen) atoms. The van der Waals surface area contributed by atoms with Crippen molar-refractivity contribution in [3.63, 3.8) is 0 Å². The first-order valence-corrected chi connectivity index (χ1v) is 24.5. The number of nitrogens with zero attached hydrogens (tertiary/aromatic N) is 1. The number of phenols is 1. The van der Waals surface area contributed by atoms with Gasteiger partial charge in [0.2, 0.25) is 35.4 Å². The van der Waals surface area contributed by atoms with E-state index in [-0.39, 0.29) is 61.7 Å². The van der Waals surface area contributed by atoms with Crippen LogP contribution in [-0.2, 0) is 60.7 Å². The van der Waals surface area contributed by atoms with Crippen molar-refractivity contribution in [2.75, 3.05) is 13.7 Å².